The molecule has 3 heteroatoms. The number of phenolic OH excluding ortho intramolecular Hbond substituents is 1. The van der Waals surface area contributed by atoms with Crippen LogP contribution in [0.5, 0.6) is 5.75 Å². The number of aromatic hydroxyl groups is 1. The topological polar surface area (TPSA) is 23.5 Å². The number of phenols is 1. The molecule has 3 rings (SSSR count). The van der Waals surface area contributed by atoms with E-state index >= 15 is 0 Å². The molecule has 1 aliphatic rings. The maximum absolute atomic E-state index is 10.9. The largest absolute Gasteiger partial charge is 0.508 e. The van der Waals surface area contributed by atoms with Crippen LogP contribution < -0.4 is 0 Å². The third kappa shape index (κ3) is 5.99. The van der Waals surface area contributed by atoms with Gasteiger partial charge in [-0.3, -0.25) is 0 Å². The Balaban J connectivity index is 0.00000300. The van der Waals surface area contributed by atoms with Crippen LogP contribution in [0.4, 0.5) is 0 Å². The lowest BCUT2D eigenvalue weighted by atomic mass is 9.68. The average Bonchev–Trinajstić information content (AvgIpc) is 2.74. The number of rotatable bonds is 9. The molecule has 0 amide bonds. The molecule has 0 bridgehead atoms. The van der Waals surface area contributed by atoms with Gasteiger partial charge in [0.2, 0.25) is 0 Å². The predicted octanol–water partition coefficient (Wildman–Crippen LogP) is 6.86. The quantitative estimate of drug-likeness (QED) is 0.452. The molecule has 1 aliphatic heterocycles. The lowest BCUT2D eigenvalue weighted by Gasteiger charge is -2.38. The summed E-state index contributed by atoms with van der Waals surface area (Å²) in [6, 6.07) is 17.1. The van der Waals surface area contributed by atoms with E-state index in [4.69, 9.17) is 0 Å². The minimum atomic E-state index is -0.121. The smallest absolute Gasteiger partial charge is 0.119 e. The Labute approximate surface area is 183 Å². The molecule has 160 valence electrons. The van der Waals surface area contributed by atoms with Crippen molar-refractivity contribution in [2.45, 2.75) is 70.6 Å². The van der Waals surface area contributed by atoms with Gasteiger partial charge >= 0.3 is 0 Å². The Bertz CT molecular complexity index is 727. The molecule has 29 heavy (non-hydrogen) atoms. The van der Waals surface area contributed by atoms with Crippen molar-refractivity contribution < 1.29 is 5.11 Å². The second-order valence-corrected chi connectivity index (χ2v) is 8.58. The number of likely N-dealkylation sites (tertiary alicyclic amines) is 1. The molecule has 1 heterocycles. The van der Waals surface area contributed by atoms with Crippen molar-refractivity contribution in [3.05, 3.63) is 65.2 Å². The van der Waals surface area contributed by atoms with Gasteiger partial charge in [-0.1, -0.05) is 80.6 Å². The fourth-order valence-electron chi connectivity index (χ4n) is 4.84. The van der Waals surface area contributed by atoms with E-state index in [0.29, 0.717) is 5.75 Å². The molecule has 2 aromatic carbocycles. The van der Waals surface area contributed by atoms with E-state index in [2.05, 4.69) is 55.1 Å². The van der Waals surface area contributed by atoms with Crippen molar-refractivity contribution in [2.24, 2.45) is 0 Å². The number of nitrogens with zero attached hydrogens (tertiary/aromatic N) is 1. The molecule has 0 spiro atoms. The minimum absolute atomic E-state index is 0. The van der Waals surface area contributed by atoms with Crippen LogP contribution in [0.1, 0.15) is 75.0 Å². The number of aryl methyl sites for hydroxylation is 1. The summed E-state index contributed by atoms with van der Waals surface area (Å²) in [7, 11) is 0. The minimum Gasteiger partial charge on any atom is -0.508 e. The lowest BCUT2D eigenvalue weighted by Crippen LogP contribution is -2.37. The van der Waals surface area contributed by atoms with E-state index in [9.17, 15) is 5.11 Å². The van der Waals surface area contributed by atoms with E-state index in [1.807, 2.05) is 12.1 Å². The summed E-state index contributed by atoms with van der Waals surface area (Å²) in [6.07, 6.45) is 9.83. The van der Waals surface area contributed by atoms with E-state index in [1.54, 1.807) is 0 Å². The zero-order valence-corrected chi connectivity index (χ0v) is 19.0. The Morgan fingerprint density at radius 2 is 1.66 bits per heavy atom. The molecule has 1 fully saturated rings. The summed E-state index contributed by atoms with van der Waals surface area (Å²) in [4.78, 5) is 2.63. The highest BCUT2D eigenvalue weighted by atomic mass is 35.5. The van der Waals surface area contributed by atoms with Crippen LogP contribution in [0.25, 0.3) is 0 Å². The zero-order chi connectivity index (χ0) is 19.8. The van der Waals surface area contributed by atoms with Crippen molar-refractivity contribution in [1.29, 1.82) is 0 Å². The highest BCUT2D eigenvalue weighted by Gasteiger charge is 2.36. The first kappa shape index (κ1) is 23.8. The number of halogens is 1. The fourth-order valence-corrected chi connectivity index (χ4v) is 4.84. The molecular formula is C26H38ClNO. The molecule has 0 radical (unpaired) electrons. The number of unbranched alkanes of at least 4 members (excludes halogenated alkanes) is 2. The third-order valence-corrected chi connectivity index (χ3v) is 6.50. The molecular weight excluding hydrogens is 378 g/mol. The molecule has 1 atom stereocenters. The Kier molecular flexibility index (Phi) is 9.52. The molecule has 0 aliphatic carbocycles. The van der Waals surface area contributed by atoms with E-state index in [-0.39, 0.29) is 17.8 Å². The molecule has 2 nitrogen and oxygen atoms in total. The second-order valence-electron chi connectivity index (χ2n) is 8.58. The van der Waals surface area contributed by atoms with Gasteiger partial charge in [-0.15, -0.1) is 12.4 Å². The van der Waals surface area contributed by atoms with Gasteiger partial charge in [0.1, 0.15) is 5.75 Å². The van der Waals surface area contributed by atoms with Crippen LogP contribution in [-0.2, 0) is 5.41 Å². The van der Waals surface area contributed by atoms with Gasteiger partial charge in [-0.25, -0.2) is 0 Å². The van der Waals surface area contributed by atoms with Gasteiger partial charge < -0.3 is 10.0 Å². The van der Waals surface area contributed by atoms with Crippen LogP contribution in [-0.4, -0.2) is 29.6 Å². The van der Waals surface area contributed by atoms with Crippen molar-refractivity contribution in [3.8, 4) is 5.75 Å². The summed E-state index contributed by atoms with van der Waals surface area (Å²) >= 11 is 0. The fraction of sp³-hybridized carbons (Fsp3) is 0.538. The van der Waals surface area contributed by atoms with Crippen LogP contribution in [0.2, 0.25) is 0 Å². The average molecular weight is 416 g/mol. The molecule has 1 saturated heterocycles. The van der Waals surface area contributed by atoms with Crippen molar-refractivity contribution >= 4 is 12.4 Å². The molecule has 1 N–H and O–H groups in total. The lowest BCUT2D eigenvalue weighted by molar-refractivity contribution is 0.206. The van der Waals surface area contributed by atoms with Crippen LogP contribution >= 0.6 is 12.4 Å². The van der Waals surface area contributed by atoms with Crippen molar-refractivity contribution in [2.75, 3.05) is 19.6 Å². The standard InChI is InChI=1S/C26H37NO.ClH/c1-3-4-9-16-26(23-12-7-5-8-13-23,17-20-27-18-10-6-11-19-27)24-21-22(2)14-15-25(24)28;/h5,7-8,12-15,21,28H,3-4,6,9-11,16-20H2,1-2H3;1H. The van der Waals surface area contributed by atoms with Gasteiger partial charge in [0.15, 0.2) is 0 Å². The monoisotopic (exact) mass is 415 g/mol. The van der Waals surface area contributed by atoms with Gasteiger partial charge in [0, 0.05) is 11.0 Å². The molecule has 2 aromatic rings. The van der Waals surface area contributed by atoms with Crippen LogP contribution in [0.3, 0.4) is 0 Å². The van der Waals surface area contributed by atoms with Crippen molar-refractivity contribution in [3.63, 3.8) is 0 Å². The van der Waals surface area contributed by atoms with Gasteiger partial charge in [-0.2, -0.15) is 0 Å². The first-order valence-electron chi connectivity index (χ1n) is 11.2. The van der Waals surface area contributed by atoms with Crippen LogP contribution in [0.15, 0.2) is 48.5 Å². The number of benzene rings is 2. The van der Waals surface area contributed by atoms with Crippen molar-refractivity contribution in [1.82, 2.24) is 4.90 Å². The SMILES string of the molecule is CCCCCC(CCN1CCCCC1)(c1ccccc1)c1cc(C)ccc1O.Cl. The molecule has 1 unspecified atom stereocenters. The summed E-state index contributed by atoms with van der Waals surface area (Å²) in [5.41, 5.74) is 3.57. The number of hydrogen-bond acceptors (Lipinski definition) is 2. The van der Waals surface area contributed by atoms with Gasteiger partial charge in [0.25, 0.3) is 0 Å². The first-order chi connectivity index (χ1) is 13.7. The summed E-state index contributed by atoms with van der Waals surface area (Å²) in [6.45, 7) is 7.95. The second kappa shape index (κ2) is 11.6. The van der Waals surface area contributed by atoms with Crippen LogP contribution in [0, 0.1) is 6.92 Å². The zero-order valence-electron chi connectivity index (χ0n) is 18.2. The summed E-state index contributed by atoms with van der Waals surface area (Å²) < 4.78 is 0. The Morgan fingerprint density at radius 1 is 0.931 bits per heavy atom. The molecule has 0 aromatic heterocycles. The number of piperidine rings is 1. The summed E-state index contributed by atoms with van der Waals surface area (Å²) in [5, 5.41) is 10.9. The first-order valence-corrected chi connectivity index (χ1v) is 11.2. The maximum atomic E-state index is 10.9. The summed E-state index contributed by atoms with van der Waals surface area (Å²) in [5.74, 6) is 0.449. The van der Waals surface area contributed by atoms with E-state index in [0.717, 1.165) is 24.9 Å². The highest BCUT2D eigenvalue weighted by Crippen LogP contribution is 2.44. The maximum Gasteiger partial charge on any atom is 0.119 e. The normalized spacial score (nSPS) is 16.8. The molecule has 0 saturated carbocycles. The van der Waals surface area contributed by atoms with Gasteiger partial charge in [0.05, 0.1) is 0 Å². The Morgan fingerprint density at radius 3 is 2.34 bits per heavy atom. The highest BCUT2D eigenvalue weighted by molar-refractivity contribution is 5.85. The van der Waals surface area contributed by atoms with Gasteiger partial charge in [-0.05, 0) is 63.9 Å². The van der Waals surface area contributed by atoms with E-state index in [1.165, 1.54) is 62.7 Å². The number of hydrogen-bond donors (Lipinski definition) is 1. The predicted molar refractivity (Wildman–Crippen MR) is 126 cm³/mol. The Hall–Kier alpha value is -1.51. The third-order valence-electron chi connectivity index (χ3n) is 6.50. The van der Waals surface area contributed by atoms with E-state index < -0.39 is 0 Å².